The van der Waals surface area contributed by atoms with Crippen molar-refractivity contribution in [2.75, 3.05) is 13.1 Å². The average molecular weight is 181 g/mol. The van der Waals surface area contributed by atoms with Gasteiger partial charge in [0.05, 0.1) is 6.54 Å². The summed E-state index contributed by atoms with van der Waals surface area (Å²) in [4.78, 5) is 13.6. The van der Waals surface area contributed by atoms with E-state index in [4.69, 9.17) is 0 Å². The predicted molar refractivity (Wildman–Crippen MR) is 52.7 cm³/mol. The molecule has 2 heteroatoms. The van der Waals surface area contributed by atoms with E-state index in [2.05, 4.69) is 11.8 Å². The first kappa shape index (κ1) is 9.20. The summed E-state index contributed by atoms with van der Waals surface area (Å²) in [6, 6.07) is 0. The van der Waals surface area contributed by atoms with Crippen LogP contribution in [0.15, 0.2) is 0 Å². The van der Waals surface area contributed by atoms with Gasteiger partial charge >= 0.3 is 0 Å². The Morgan fingerprint density at radius 3 is 2.46 bits per heavy atom. The van der Waals surface area contributed by atoms with Crippen LogP contribution in [0.3, 0.4) is 0 Å². The van der Waals surface area contributed by atoms with Gasteiger partial charge in [-0.05, 0) is 19.8 Å². The molecule has 2 fully saturated rings. The van der Waals surface area contributed by atoms with Crippen LogP contribution in [-0.4, -0.2) is 29.3 Å². The molecule has 0 bridgehead atoms. The monoisotopic (exact) mass is 181 g/mol. The van der Waals surface area contributed by atoms with E-state index >= 15 is 0 Å². The molecule has 1 aliphatic heterocycles. The van der Waals surface area contributed by atoms with Gasteiger partial charge < -0.3 is 0 Å². The number of rotatable bonds is 1. The number of nitrogens with zero attached hydrogens (tertiary/aromatic N) is 1. The second-order valence-electron chi connectivity index (χ2n) is 4.77. The van der Waals surface area contributed by atoms with Gasteiger partial charge in [0.15, 0.2) is 0 Å². The predicted octanol–water partition coefficient (Wildman–Crippen LogP) is 1.98. The topological polar surface area (TPSA) is 20.3 Å². The van der Waals surface area contributed by atoms with Crippen molar-refractivity contribution >= 4 is 5.78 Å². The maximum Gasteiger partial charge on any atom is 0.148 e. The molecule has 74 valence electrons. The summed E-state index contributed by atoms with van der Waals surface area (Å²) in [5.74, 6) is 0.437. The summed E-state index contributed by atoms with van der Waals surface area (Å²) >= 11 is 0. The highest BCUT2D eigenvalue weighted by molar-refractivity contribution is 5.82. The molecule has 13 heavy (non-hydrogen) atoms. The SMILES string of the molecule is CC1(N2CCC(=O)C2)CCCCC1. The fourth-order valence-electron chi connectivity index (χ4n) is 2.72. The molecule has 2 aliphatic rings. The number of carbonyl (C=O) groups is 1. The van der Waals surface area contributed by atoms with E-state index in [0.717, 1.165) is 19.5 Å². The Balaban J connectivity index is 2.01. The summed E-state index contributed by atoms with van der Waals surface area (Å²) in [6.07, 6.45) is 7.45. The van der Waals surface area contributed by atoms with Gasteiger partial charge in [-0.3, -0.25) is 9.69 Å². The summed E-state index contributed by atoms with van der Waals surface area (Å²) in [6.45, 7) is 4.07. The Morgan fingerprint density at radius 1 is 1.23 bits per heavy atom. The lowest BCUT2D eigenvalue weighted by atomic mass is 9.82. The van der Waals surface area contributed by atoms with Crippen LogP contribution in [0, 0.1) is 0 Å². The normalized spacial score (nSPS) is 29.5. The zero-order valence-electron chi connectivity index (χ0n) is 8.51. The molecule has 0 aromatic heterocycles. The Bertz CT molecular complexity index is 206. The summed E-state index contributed by atoms with van der Waals surface area (Å²) in [7, 11) is 0. The first-order valence-corrected chi connectivity index (χ1v) is 5.47. The molecule has 0 spiro atoms. The van der Waals surface area contributed by atoms with Crippen LogP contribution in [0.1, 0.15) is 45.4 Å². The fraction of sp³-hybridized carbons (Fsp3) is 0.909. The minimum absolute atomic E-state index is 0.352. The molecule has 0 unspecified atom stereocenters. The van der Waals surface area contributed by atoms with E-state index < -0.39 is 0 Å². The Hall–Kier alpha value is -0.370. The minimum Gasteiger partial charge on any atom is -0.298 e. The van der Waals surface area contributed by atoms with E-state index in [-0.39, 0.29) is 0 Å². The molecule has 0 aromatic rings. The molecule has 2 nitrogen and oxygen atoms in total. The zero-order valence-corrected chi connectivity index (χ0v) is 8.51. The molecule has 0 radical (unpaired) electrons. The van der Waals surface area contributed by atoms with Crippen LogP contribution in [0.2, 0.25) is 0 Å². The zero-order chi connectivity index (χ0) is 9.31. The highest BCUT2D eigenvalue weighted by Crippen LogP contribution is 2.34. The maximum atomic E-state index is 11.2. The number of Topliss-reactive ketones (excluding diaryl/α,β-unsaturated/α-hetero) is 1. The van der Waals surface area contributed by atoms with Crippen LogP contribution in [0.5, 0.6) is 0 Å². The van der Waals surface area contributed by atoms with Crippen LogP contribution < -0.4 is 0 Å². The highest BCUT2D eigenvalue weighted by Gasteiger charge is 2.36. The fourth-order valence-corrected chi connectivity index (χ4v) is 2.72. The Kier molecular flexibility index (Phi) is 2.41. The Labute approximate surface area is 80.3 Å². The summed E-state index contributed by atoms with van der Waals surface area (Å²) in [5.41, 5.74) is 0.352. The lowest BCUT2D eigenvalue weighted by molar-refractivity contribution is -0.117. The number of likely N-dealkylation sites (tertiary alicyclic amines) is 1. The number of hydrogen-bond acceptors (Lipinski definition) is 2. The third-order valence-electron chi connectivity index (χ3n) is 3.72. The van der Waals surface area contributed by atoms with Crippen LogP contribution >= 0.6 is 0 Å². The molecule has 1 saturated heterocycles. The molecule has 0 amide bonds. The number of carbonyl (C=O) groups excluding carboxylic acids is 1. The van der Waals surface area contributed by atoms with Gasteiger partial charge in [-0.1, -0.05) is 19.3 Å². The molecule has 0 N–H and O–H groups in total. The first-order valence-electron chi connectivity index (χ1n) is 5.47. The molecule has 2 rings (SSSR count). The maximum absolute atomic E-state index is 11.2. The molecular formula is C11H19NO. The van der Waals surface area contributed by atoms with Crippen molar-refractivity contribution in [3.8, 4) is 0 Å². The second-order valence-corrected chi connectivity index (χ2v) is 4.77. The first-order chi connectivity index (χ1) is 6.21. The van der Waals surface area contributed by atoms with E-state index in [0.29, 0.717) is 11.3 Å². The van der Waals surface area contributed by atoms with E-state index in [1.54, 1.807) is 0 Å². The largest absolute Gasteiger partial charge is 0.298 e. The van der Waals surface area contributed by atoms with Crippen molar-refractivity contribution in [2.24, 2.45) is 0 Å². The third kappa shape index (κ3) is 1.78. The van der Waals surface area contributed by atoms with E-state index in [1.165, 1.54) is 32.1 Å². The van der Waals surface area contributed by atoms with Crippen LogP contribution in [0.4, 0.5) is 0 Å². The Morgan fingerprint density at radius 2 is 1.92 bits per heavy atom. The van der Waals surface area contributed by atoms with Gasteiger partial charge in [0.2, 0.25) is 0 Å². The van der Waals surface area contributed by atoms with Gasteiger partial charge in [0.25, 0.3) is 0 Å². The molecule has 1 heterocycles. The average Bonchev–Trinajstić information content (AvgIpc) is 2.54. The lowest BCUT2D eigenvalue weighted by Gasteiger charge is -2.41. The van der Waals surface area contributed by atoms with Crippen LogP contribution in [-0.2, 0) is 4.79 Å². The van der Waals surface area contributed by atoms with Gasteiger partial charge in [-0.2, -0.15) is 0 Å². The molecule has 1 saturated carbocycles. The van der Waals surface area contributed by atoms with Crippen LogP contribution in [0.25, 0.3) is 0 Å². The van der Waals surface area contributed by atoms with E-state index in [1.807, 2.05) is 0 Å². The highest BCUT2D eigenvalue weighted by atomic mass is 16.1. The quantitative estimate of drug-likeness (QED) is 0.616. The minimum atomic E-state index is 0.352. The molecule has 0 atom stereocenters. The molecule has 1 aliphatic carbocycles. The molecule has 0 aromatic carbocycles. The summed E-state index contributed by atoms with van der Waals surface area (Å²) in [5, 5.41) is 0. The number of ketones is 1. The van der Waals surface area contributed by atoms with Gasteiger partial charge in [0, 0.05) is 18.5 Å². The van der Waals surface area contributed by atoms with Crippen molar-refractivity contribution in [3.63, 3.8) is 0 Å². The van der Waals surface area contributed by atoms with Crippen molar-refractivity contribution < 1.29 is 4.79 Å². The van der Waals surface area contributed by atoms with Crippen molar-refractivity contribution in [2.45, 2.75) is 51.0 Å². The third-order valence-corrected chi connectivity index (χ3v) is 3.72. The number of hydrogen-bond donors (Lipinski definition) is 0. The van der Waals surface area contributed by atoms with Gasteiger partial charge in [-0.15, -0.1) is 0 Å². The standard InChI is InChI=1S/C11H19NO/c1-11(6-3-2-4-7-11)12-8-5-10(13)9-12/h2-9H2,1H3. The summed E-state index contributed by atoms with van der Waals surface area (Å²) < 4.78 is 0. The molecular weight excluding hydrogens is 162 g/mol. The van der Waals surface area contributed by atoms with Gasteiger partial charge in [-0.25, -0.2) is 0 Å². The smallest absolute Gasteiger partial charge is 0.148 e. The van der Waals surface area contributed by atoms with Crippen molar-refractivity contribution in [3.05, 3.63) is 0 Å². The van der Waals surface area contributed by atoms with Crippen molar-refractivity contribution in [1.29, 1.82) is 0 Å². The van der Waals surface area contributed by atoms with Crippen molar-refractivity contribution in [1.82, 2.24) is 4.90 Å². The van der Waals surface area contributed by atoms with E-state index in [9.17, 15) is 4.79 Å². The lowest BCUT2D eigenvalue weighted by Crippen LogP contribution is -2.46. The van der Waals surface area contributed by atoms with Gasteiger partial charge in [0.1, 0.15) is 5.78 Å². The second kappa shape index (κ2) is 3.41.